The number of thiazole rings is 1. The first-order valence-electron chi connectivity index (χ1n) is 10.3. The largest absolute Gasteiger partial charge is 0.461 e. The number of fused-ring (bicyclic) bond motifs is 4. The summed E-state index contributed by atoms with van der Waals surface area (Å²) in [7, 11) is 0. The van der Waals surface area contributed by atoms with Crippen LogP contribution >= 0.6 is 11.3 Å². The van der Waals surface area contributed by atoms with E-state index in [-0.39, 0.29) is 41.1 Å². The number of pyridine rings is 1. The van der Waals surface area contributed by atoms with Crippen LogP contribution in [-0.2, 0) is 16.0 Å². The number of hydrogen-bond donors (Lipinski definition) is 1. The van der Waals surface area contributed by atoms with Crippen LogP contribution in [0.4, 0.5) is 5.13 Å². The highest BCUT2D eigenvalue weighted by atomic mass is 32.1. The maximum atomic E-state index is 12.5. The highest BCUT2D eigenvalue weighted by Gasteiger charge is 2.58. The third kappa shape index (κ3) is 2.89. The molecule has 6 nitrogen and oxygen atoms in total. The summed E-state index contributed by atoms with van der Waals surface area (Å²) < 4.78 is 5.89. The van der Waals surface area contributed by atoms with Crippen molar-refractivity contribution in [1.29, 1.82) is 0 Å². The van der Waals surface area contributed by atoms with Crippen LogP contribution in [0.1, 0.15) is 60.5 Å². The number of nitrogens with one attached hydrogen (secondary N) is 1. The molecule has 0 spiro atoms. The molecule has 1 saturated heterocycles. The summed E-state index contributed by atoms with van der Waals surface area (Å²) in [5.41, 5.74) is 1.66. The molecule has 0 bridgehead atoms. The van der Waals surface area contributed by atoms with Crippen molar-refractivity contribution in [3.8, 4) is 0 Å². The standard InChI is InChI=1S/C22H25N3O3S/c1-11-14-6-7-22(3)9-15-17(12(2)16(22)18(14)28-20(11)27)24-21(29-15)25-19(26)13-5-4-8-23-10-13/h4-5,8,10-12,14,16,18H,6-7,9H2,1-3H3,(H,24,25,26). The minimum atomic E-state index is -0.195. The van der Waals surface area contributed by atoms with Gasteiger partial charge in [-0.05, 0) is 36.8 Å². The molecule has 0 aromatic carbocycles. The van der Waals surface area contributed by atoms with Gasteiger partial charge in [-0.2, -0.15) is 0 Å². The van der Waals surface area contributed by atoms with Crippen molar-refractivity contribution in [2.45, 2.75) is 52.1 Å². The fraction of sp³-hybridized carbons (Fsp3) is 0.545. The second-order valence-electron chi connectivity index (χ2n) is 9.06. The first-order chi connectivity index (χ1) is 13.9. The van der Waals surface area contributed by atoms with Crippen molar-refractivity contribution in [1.82, 2.24) is 9.97 Å². The summed E-state index contributed by atoms with van der Waals surface area (Å²) in [5, 5.41) is 3.56. The van der Waals surface area contributed by atoms with E-state index in [1.807, 2.05) is 6.92 Å². The Balaban J connectivity index is 1.44. The van der Waals surface area contributed by atoms with Crippen molar-refractivity contribution in [2.75, 3.05) is 5.32 Å². The molecular weight excluding hydrogens is 386 g/mol. The zero-order valence-corrected chi connectivity index (χ0v) is 17.7. The Bertz CT molecular complexity index is 975. The van der Waals surface area contributed by atoms with Gasteiger partial charge >= 0.3 is 5.97 Å². The van der Waals surface area contributed by atoms with E-state index in [9.17, 15) is 9.59 Å². The number of aromatic nitrogens is 2. The van der Waals surface area contributed by atoms with E-state index in [2.05, 4.69) is 24.1 Å². The Kier molecular flexibility index (Phi) is 4.28. The molecule has 1 amide bonds. The van der Waals surface area contributed by atoms with Crippen LogP contribution in [0.15, 0.2) is 24.5 Å². The van der Waals surface area contributed by atoms with Crippen molar-refractivity contribution in [3.05, 3.63) is 40.7 Å². The average molecular weight is 412 g/mol. The predicted molar refractivity (Wildman–Crippen MR) is 110 cm³/mol. The molecule has 7 heteroatoms. The zero-order chi connectivity index (χ0) is 20.3. The van der Waals surface area contributed by atoms with Gasteiger partial charge in [0.15, 0.2) is 5.13 Å². The second-order valence-corrected chi connectivity index (χ2v) is 10.1. The minimum Gasteiger partial charge on any atom is -0.461 e. The Labute approximate surface area is 174 Å². The maximum absolute atomic E-state index is 12.5. The Hall–Kier alpha value is -2.28. The average Bonchev–Trinajstić information content (AvgIpc) is 3.22. The van der Waals surface area contributed by atoms with E-state index in [1.54, 1.807) is 35.9 Å². The summed E-state index contributed by atoms with van der Waals surface area (Å²) in [6, 6.07) is 3.49. The van der Waals surface area contributed by atoms with Gasteiger partial charge in [0.2, 0.25) is 0 Å². The fourth-order valence-electron chi connectivity index (χ4n) is 5.80. The number of carbonyl (C=O) groups is 2. The molecule has 1 N–H and O–H groups in total. The van der Waals surface area contributed by atoms with E-state index in [1.165, 1.54) is 4.88 Å². The van der Waals surface area contributed by atoms with E-state index >= 15 is 0 Å². The van der Waals surface area contributed by atoms with Crippen LogP contribution in [0, 0.1) is 23.2 Å². The highest BCUT2D eigenvalue weighted by molar-refractivity contribution is 7.15. The van der Waals surface area contributed by atoms with Gasteiger partial charge in [0, 0.05) is 35.0 Å². The lowest BCUT2D eigenvalue weighted by molar-refractivity contribution is -0.149. The van der Waals surface area contributed by atoms with E-state index in [0.717, 1.165) is 25.0 Å². The monoisotopic (exact) mass is 411 g/mol. The molecule has 2 aromatic heterocycles. The van der Waals surface area contributed by atoms with Gasteiger partial charge in [-0.25, -0.2) is 4.98 Å². The van der Waals surface area contributed by atoms with Crippen LogP contribution in [0.3, 0.4) is 0 Å². The Morgan fingerprint density at radius 3 is 2.93 bits per heavy atom. The number of anilines is 1. The normalized spacial score (nSPS) is 35.3. The summed E-state index contributed by atoms with van der Waals surface area (Å²) in [6.45, 7) is 6.54. The summed E-state index contributed by atoms with van der Waals surface area (Å²) in [6.07, 6.45) is 6.24. The molecule has 152 valence electrons. The molecule has 29 heavy (non-hydrogen) atoms. The first-order valence-corrected chi connectivity index (χ1v) is 11.1. The third-order valence-corrected chi connectivity index (χ3v) is 8.29. The van der Waals surface area contributed by atoms with Crippen LogP contribution in [0.5, 0.6) is 0 Å². The minimum absolute atomic E-state index is 0.0112. The number of nitrogens with zero attached hydrogens (tertiary/aromatic N) is 2. The summed E-state index contributed by atoms with van der Waals surface area (Å²) in [5.74, 6) is 0.515. The van der Waals surface area contributed by atoms with E-state index in [4.69, 9.17) is 9.72 Å². The van der Waals surface area contributed by atoms with Gasteiger partial charge in [0.1, 0.15) is 6.10 Å². The SMILES string of the molecule is CC1C(=O)OC2C1CCC1(C)Cc3sc(NC(=O)c4cccnc4)nc3C(C)C21. The van der Waals surface area contributed by atoms with Gasteiger partial charge < -0.3 is 4.74 Å². The van der Waals surface area contributed by atoms with Crippen LogP contribution in [0.25, 0.3) is 0 Å². The van der Waals surface area contributed by atoms with Gasteiger partial charge in [-0.3, -0.25) is 19.9 Å². The van der Waals surface area contributed by atoms with Crippen molar-refractivity contribution < 1.29 is 14.3 Å². The number of carbonyl (C=O) groups excluding carboxylic acids is 2. The van der Waals surface area contributed by atoms with Crippen LogP contribution in [-0.4, -0.2) is 27.9 Å². The molecule has 1 aliphatic heterocycles. The molecule has 0 radical (unpaired) electrons. The van der Waals surface area contributed by atoms with E-state index < -0.39 is 0 Å². The number of esters is 1. The van der Waals surface area contributed by atoms with Gasteiger partial charge in [-0.15, -0.1) is 11.3 Å². The molecule has 1 saturated carbocycles. The molecule has 3 heterocycles. The number of hydrogen-bond acceptors (Lipinski definition) is 6. The summed E-state index contributed by atoms with van der Waals surface area (Å²) >= 11 is 1.57. The number of rotatable bonds is 2. The quantitative estimate of drug-likeness (QED) is 0.754. The molecule has 2 fully saturated rings. The maximum Gasteiger partial charge on any atom is 0.309 e. The highest BCUT2D eigenvalue weighted by Crippen LogP contribution is 2.59. The number of amides is 1. The Morgan fingerprint density at radius 1 is 1.34 bits per heavy atom. The molecule has 2 aliphatic carbocycles. The topological polar surface area (TPSA) is 81.2 Å². The first kappa shape index (κ1) is 18.7. The molecule has 2 aromatic rings. The van der Waals surface area contributed by atoms with Crippen LogP contribution in [0.2, 0.25) is 0 Å². The third-order valence-electron chi connectivity index (χ3n) is 7.30. The smallest absolute Gasteiger partial charge is 0.309 e. The second kappa shape index (κ2) is 6.62. The van der Waals surface area contributed by atoms with Gasteiger partial charge in [-0.1, -0.05) is 20.8 Å². The molecule has 3 aliphatic rings. The Morgan fingerprint density at radius 2 is 2.17 bits per heavy atom. The molecule has 5 rings (SSSR count). The lowest BCUT2D eigenvalue weighted by Gasteiger charge is -2.51. The lowest BCUT2D eigenvalue weighted by Crippen LogP contribution is -2.50. The molecule has 6 unspecified atom stereocenters. The van der Waals surface area contributed by atoms with Crippen molar-refractivity contribution in [3.63, 3.8) is 0 Å². The van der Waals surface area contributed by atoms with Crippen molar-refractivity contribution >= 4 is 28.3 Å². The zero-order valence-electron chi connectivity index (χ0n) is 16.8. The number of ether oxygens (including phenoxy) is 1. The van der Waals surface area contributed by atoms with Crippen LogP contribution < -0.4 is 5.32 Å². The molecule has 6 atom stereocenters. The van der Waals surface area contributed by atoms with Gasteiger partial charge in [0.05, 0.1) is 17.2 Å². The predicted octanol–water partition coefficient (Wildman–Crippen LogP) is 4.04. The summed E-state index contributed by atoms with van der Waals surface area (Å²) in [4.78, 5) is 34.8. The van der Waals surface area contributed by atoms with Gasteiger partial charge in [0.25, 0.3) is 5.91 Å². The van der Waals surface area contributed by atoms with Crippen molar-refractivity contribution in [2.24, 2.45) is 23.2 Å². The fourth-order valence-corrected chi connectivity index (χ4v) is 7.06. The lowest BCUT2D eigenvalue weighted by atomic mass is 9.54. The van der Waals surface area contributed by atoms with E-state index in [0.29, 0.717) is 16.6 Å². The molecular formula is C22H25N3O3S.